The van der Waals surface area contributed by atoms with E-state index in [1.165, 1.54) is 0 Å². The predicted molar refractivity (Wildman–Crippen MR) is 108 cm³/mol. The minimum Gasteiger partial charge on any atom is -0.490 e. The zero-order chi connectivity index (χ0) is 19.0. The fraction of sp³-hybridized carbons (Fsp3) is 0.400. The maximum absolute atomic E-state index is 5.74. The first kappa shape index (κ1) is 19.3. The summed E-state index contributed by atoms with van der Waals surface area (Å²) < 4.78 is 33.9. The molecule has 2 fully saturated rings. The molecule has 146 valence electrons. The second kappa shape index (κ2) is 9.98. The van der Waals surface area contributed by atoms with Crippen molar-refractivity contribution in [3.8, 4) is 11.5 Å². The minimum absolute atomic E-state index is 0.265. The predicted octanol–water partition coefficient (Wildman–Crippen LogP) is 1.41. The largest absolute Gasteiger partial charge is 0.493 e. The van der Waals surface area contributed by atoms with Gasteiger partial charge in [-0.2, -0.15) is 0 Å². The SMILES string of the molecule is c1cc(B2OCCCO2)ccc1OCCOc1ccc(B2OCCCO2)cc1. The Hall–Kier alpha value is -1.99. The van der Waals surface area contributed by atoms with Gasteiger partial charge >= 0.3 is 14.2 Å². The average Bonchev–Trinajstić information content (AvgIpc) is 2.79. The van der Waals surface area contributed by atoms with E-state index in [-0.39, 0.29) is 14.2 Å². The van der Waals surface area contributed by atoms with Crippen LogP contribution in [-0.4, -0.2) is 53.9 Å². The van der Waals surface area contributed by atoms with Crippen molar-refractivity contribution >= 4 is 25.2 Å². The van der Waals surface area contributed by atoms with Crippen molar-refractivity contribution in [1.82, 2.24) is 0 Å². The Bertz CT molecular complexity index is 649. The molecule has 0 aliphatic carbocycles. The van der Waals surface area contributed by atoms with E-state index in [0.29, 0.717) is 13.2 Å². The molecule has 0 atom stereocenters. The summed E-state index contributed by atoms with van der Waals surface area (Å²) >= 11 is 0. The highest BCUT2D eigenvalue weighted by Crippen LogP contribution is 2.12. The third kappa shape index (κ3) is 5.29. The smallest absolute Gasteiger partial charge is 0.490 e. The van der Waals surface area contributed by atoms with Crippen molar-refractivity contribution in [2.24, 2.45) is 0 Å². The van der Waals surface area contributed by atoms with E-state index >= 15 is 0 Å². The lowest BCUT2D eigenvalue weighted by Gasteiger charge is -2.20. The van der Waals surface area contributed by atoms with E-state index in [0.717, 1.165) is 61.7 Å². The van der Waals surface area contributed by atoms with Gasteiger partial charge in [0, 0.05) is 26.4 Å². The highest BCUT2D eigenvalue weighted by molar-refractivity contribution is 6.61. The number of hydrogen-bond acceptors (Lipinski definition) is 6. The Kier molecular flexibility index (Phi) is 6.89. The van der Waals surface area contributed by atoms with Gasteiger partial charge < -0.3 is 28.1 Å². The van der Waals surface area contributed by atoms with E-state index in [2.05, 4.69) is 0 Å². The van der Waals surface area contributed by atoms with Gasteiger partial charge in [-0.05, 0) is 48.0 Å². The highest BCUT2D eigenvalue weighted by Gasteiger charge is 2.25. The summed E-state index contributed by atoms with van der Waals surface area (Å²) in [6.45, 7) is 3.88. The molecule has 0 radical (unpaired) electrons. The molecule has 2 aliphatic heterocycles. The van der Waals surface area contributed by atoms with E-state index in [9.17, 15) is 0 Å². The van der Waals surface area contributed by atoms with Gasteiger partial charge in [0.25, 0.3) is 0 Å². The average molecular weight is 382 g/mol. The van der Waals surface area contributed by atoms with E-state index in [4.69, 9.17) is 28.1 Å². The van der Waals surface area contributed by atoms with Crippen LogP contribution in [0.1, 0.15) is 12.8 Å². The lowest BCUT2D eigenvalue weighted by atomic mass is 9.78. The lowest BCUT2D eigenvalue weighted by Crippen LogP contribution is -2.40. The molecule has 2 heterocycles. The van der Waals surface area contributed by atoms with Crippen molar-refractivity contribution in [1.29, 1.82) is 0 Å². The summed E-state index contributed by atoms with van der Waals surface area (Å²) in [5.74, 6) is 1.59. The molecule has 0 bridgehead atoms. The second-order valence-corrected chi connectivity index (χ2v) is 6.69. The quantitative estimate of drug-likeness (QED) is 0.534. The topological polar surface area (TPSA) is 55.4 Å². The van der Waals surface area contributed by atoms with Gasteiger partial charge in [-0.3, -0.25) is 0 Å². The molecule has 0 saturated carbocycles. The van der Waals surface area contributed by atoms with Crippen molar-refractivity contribution in [2.75, 3.05) is 39.6 Å². The fourth-order valence-electron chi connectivity index (χ4n) is 3.12. The molecule has 0 N–H and O–H groups in total. The van der Waals surface area contributed by atoms with Gasteiger partial charge in [-0.25, -0.2) is 0 Å². The van der Waals surface area contributed by atoms with Crippen LogP contribution in [0, 0.1) is 0 Å². The summed E-state index contributed by atoms with van der Waals surface area (Å²) in [6, 6.07) is 15.6. The summed E-state index contributed by atoms with van der Waals surface area (Å²) in [4.78, 5) is 0. The van der Waals surface area contributed by atoms with E-state index in [1.54, 1.807) is 0 Å². The van der Waals surface area contributed by atoms with Crippen LogP contribution >= 0.6 is 0 Å². The van der Waals surface area contributed by atoms with E-state index in [1.807, 2.05) is 48.5 Å². The number of hydrogen-bond donors (Lipinski definition) is 0. The molecule has 2 aromatic carbocycles. The van der Waals surface area contributed by atoms with Gasteiger partial charge in [0.2, 0.25) is 0 Å². The maximum Gasteiger partial charge on any atom is 0.493 e. The van der Waals surface area contributed by atoms with Gasteiger partial charge in [0.1, 0.15) is 24.7 Å². The Morgan fingerprint density at radius 3 is 1.29 bits per heavy atom. The van der Waals surface area contributed by atoms with Crippen molar-refractivity contribution in [2.45, 2.75) is 12.8 Å². The zero-order valence-corrected chi connectivity index (χ0v) is 15.9. The first-order valence-corrected chi connectivity index (χ1v) is 9.80. The van der Waals surface area contributed by atoms with Crippen molar-refractivity contribution in [3.63, 3.8) is 0 Å². The first-order chi connectivity index (χ1) is 13.9. The molecule has 0 unspecified atom stereocenters. The highest BCUT2D eigenvalue weighted by atomic mass is 16.6. The fourth-order valence-corrected chi connectivity index (χ4v) is 3.12. The Balaban J connectivity index is 1.19. The monoisotopic (exact) mass is 382 g/mol. The molecule has 2 saturated heterocycles. The Morgan fingerprint density at radius 2 is 0.929 bits per heavy atom. The molecule has 0 amide bonds. The molecule has 4 rings (SSSR count). The first-order valence-electron chi connectivity index (χ1n) is 9.80. The van der Waals surface area contributed by atoms with Gasteiger partial charge in [0.05, 0.1) is 0 Å². The lowest BCUT2D eigenvalue weighted by molar-refractivity contribution is 0.143. The minimum atomic E-state index is -0.265. The third-order valence-corrected chi connectivity index (χ3v) is 4.58. The standard InChI is InChI=1S/C20H24B2O6/c1-11-25-21(26-12-1)17-3-7-19(8-4-17)23-15-16-24-20-9-5-18(6-10-20)22-27-13-2-14-28-22/h3-10H,1-2,11-16H2. The van der Waals surface area contributed by atoms with Gasteiger partial charge in [-0.1, -0.05) is 24.3 Å². The van der Waals surface area contributed by atoms with Crippen LogP contribution in [0.4, 0.5) is 0 Å². The zero-order valence-electron chi connectivity index (χ0n) is 15.9. The molecule has 0 spiro atoms. The van der Waals surface area contributed by atoms with Gasteiger partial charge in [0.15, 0.2) is 0 Å². The molecule has 0 aromatic heterocycles. The molecular formula is C20H24B2O6. The maximum atomic E-state index is 5.74. The van der Waals surface area contributed by atoms with Crippen LogP contribution in [0.2, 0.25) is 0 Å². The van der Waals surface area contributed by atoms with Crippen LogP contribution < -0.4 is 20.4 Å². The molecular weight excluding hydrogens is 358 g/mol. The van der Waals surface area contributed by atoms with Crippen molar-refractivity contribution < 1.29 is 28.1 Å². The van der Waals surface area contributed by atoms with Crippen LogP contribution in [0.25, 0.3) is 0 Å². The van der Waals surface area contributed by atoms with Crippen LogP contribution in [0.15, 0.2) is 48.5 Å². The molecule has 8 heteroatoms. The Morgan fingerprint density at radius 1 is 0.571 bits per heavy atom. The summed E-state index contributed by atoms with van der Waals surface area (Å²) in [6.07, 6.45) is 1.89. The van der Waals surface area contributed by atoms with Crippen LogP contribution in [-0.2, 0) is 18.6 Å². The Labute approximate surface area is 166 Å². The normalized spacial score (nSPS) is 17.4. The number of ether oxygens (including phenoxy) is 2. The summed E-state index contributed by atoms with van der Waals surface area (Å²) in [5, 5.41) is 0. The van der Waals surface area contributed by atoms with Gasteiger partial charge in [-0.15, -0.1) is 0 Å². The third-order valence-electron chi connectivity index (χ3n) is 4.58. The number of benzene rings is 2. The van der Waals surface area contributed by atoms with E-state index < -0.39 is 0 Å². The molecule has 6 nitrogen and oxygen atoms in total. The second-order valence-electron chi connectivity index (χ2n) is 6.69. The summed E-state index contributed by atoms with van der Waals surface area (Å²) in [5.41, 5.74) is 2.02. The molecule has 2 aliphatic rings. The number of rotatable bonds is 7. The molecule has 2 aromatic rings. The summed E-state index contributed by atoms with van der Waals surface area (Å²) in [7, 11) is -0.531. The molecule has 28 heavy (non-hydrogen) atoms. The van der Waals surface area contributed by atoms with Crippen LogP contribution in [0.5, 0.6) is 11.5 Å². The van der Waals surface area contributed by atoms with Crippen molar-refractivity contribution in [3.05, 3.63) is 48.5 Å². The van der Waals surface area contributed by atoms with Crippen LogP contribution in [0.3, 0.4) is 0 Å².